The molecule has 0 aliphatic heterocycles. The van der Waals surface area contributed by atoms with E-state index in [1.807, 2.05) is 18.2 Å². The van der Waals surface area contributed by atoms with Crippen molar-refractivity contribution >= 4 is 17.7 Å². The van der Waals surface area contributed by atoms with Crippen molar-refractivity contribution in [2.75, 3.05) is 18.8 Å². The lowest BCUT2D eigenvalue weighted by Gasteiger charge is -2.17. The fourth-order valence-corrected chi connectivity index (χ4v) is 3.44. The van der Waals surface area contributed by atoms with E-state index in [1.165, 1.54) is 4.90 Å². The number of rotatable bonds is 6. The lowest BCUT2D eigenvalue weighted by Crippen LogP contribution is -2.36. The molecular weight excluding hydrogens is 256 g/mol. The van der Waals surface area contributed by atoms with Gasteiger partial charge in [0.25, 0.3) is 0 Å². The Labute approximate surface area is 119 Å². The number of nitrogens with two attached hydrogens (primary N) is 1. The number of carbonyl (C=O) groups excluding carboxylic acids is 1. The molecule has 1 aliphatic rings. The van der Waals surface area contributed by atoms with Crippen LogP contribution in [0.25, 0.3) is 0 Å². The van der Waals surface area contributed by atoms with Crippen molar-refractivity contribution in [2.45, 2.75) is 24.2 Å². The maximum absolute atomic E-state index is 12.1. The Kier molecular flexibility index (Phi) is 5.73. The van der Waals surface area contributed by atoms with Crippen molar-refractivity contribution in [1.29, 1.82) is 0 Å². The number of nitrogens with one attached hydrogen (secondary N) is 1. The summed E-state index contributed by atoms with van der Waals surface area (Å²) in [5, 5.41) is 3.04. The van der Waals surface area contributed by atoms with Gasteiger partial charge in [0.1, 0.15) is 0 Å². The smallest absolute Gasteiger partial charge is 0.223 e. The van der Waals surface area contributed by atoms with E-state index in [1.54, 1.807) is 11.8 Å². The molecule has 1 aromatic carbocycles. The number of carbonyl (C=O) groups is 1. The van der Waals surface area contributed by atoms with Crippen LogP contribution in [0.3, 0.4) is 0 Å². The summed E-state index contributed by atoms with van der Waals surface area (Å²) < 4.78 is 0. The summed E-state index contributed by atoms with van der Waals surface area (Å²) in [6.07, 6.45) is 3.24. The van der Waals surface area contributed by atoms with Gasteiger partial charge in [-0.25, -0.2) is 0 Å². The molecule has 2 atom stereocenters. The zero-order valence-corrected chi connectivity index (χ0v) is 12.0. The monoisotopic (exact) mass is 278 g/mol. The van der Waals surface area contributed by atoms with Crippen molar-refractivity contribution < 1.29 is 4.79 Å². The third-order valence-corrected chi connectivity index (χ3v) is 4.73. The van der Waals surface area contributed by atoms with Gasteiger partial charge in [0.2, 0.25) is 5.91 Å². The molecule has 1 aliphatic carbocycles. The highest BCUT2D eigenvalue weighted by atomic mass is 32.2. The van der Waals surface area contributed by atoms with Gasteiger partial charge in [-0.1, -0.05) is 24.6 Å². The molecule has 1 fully saturated rings. The van der Waals surface area contributed by atoms with E-state index >= 15 is 0 Å². The third-order valence-electron chi connectivity index (χ3n) is 3.71. The molecule has 0 saturated heterocycles. The molecule has 0 bridgehead atoms. The predicted molar refractivity (Wildman–Crippen MR) is 80.1 cm³/mol. The highest BCUT2D eigenvalue weighted by Gasteiger charge is 2.31. The molecule has 3 nitrogen and oxygen atoms in total. The quantitative estimate of drug-likeness (QED) is 0.620. The molecule has 19 heavy (non-hydrogen) atoms. The minimum Gasteiger partial charge on any atom is -0.355 e. The number of hydrogen-bond acceptors (Lipinski definition) is 3. The van der Waals surface area contributed by atoms with Crippen LogP contribution in [-0.4, -0.2) is 24.7 Å². The maximum atomic E-state index is 12.1. The van der Waals surface area contributed by atoms with Crippen LogP contribution in [0.1, 0.15) is 19.3 Å². The summed E-state index contributed by atoms with van der Waals surface area (Å²) in [4.78, 5) is 13.3. The Hall–Kier alpha value is -1.00. The van der Waals surface area contributed by atoms with Gasteiger partial charge in [0.05, 0.1) is 0 Å². The van der Waals surface area contributed by atoms with E-state index in [4.69, 9.17) is 5.73 Å². The van der Waals surface area contributed by atoms with Gasteiger partial charge in [-0.15, -0.1) is 11.8 Å². The molecule has 0 unspecified atom stereocenters. The molecule has 0 aromatic heterocycles. The first kappa shape index (κ1) is 14.4. The topological polar surface area (TPSA) is 55.1 Å². The van der Waals surface area contributed by atoms with Crippen LogP contribution in [0.5, 0.6) is 0 Å². The number of benzene rings is 1. The Morgan fingerprint density at radius 3 is 2.84 bits per heavy atom. The van der Waals surface area contributed by atoms with Gasteiger partial charge >= 0.3 is 0 Å². The minimum absolute atomic E-state index is 0.145. The first-order chi connectivity index (χ1) is 9.31. The predicted octanol–water partition coefficient (Wildman–Crippen LogP) is 2.27. The highest BCUT2D eigenvalue weighted by molar-refractivity contribution is 7.99. The first-order valence-electron chi connectivity index (χ1n) is 6.97. The second kappa shape index (κ2) is 7.56. The number of hydrogen-bond donors (Lipinski definition) is 2. The summed E-state index contributed by atoms with van der Waals surface area (Å²) in [6.45, 7) is 1.36. The highest BCUT2D eigenvalue weighted by Crippen LogP contribution is 2.30. The standard InChI is InChI=1S/C15H22N2OS/c16-11-12-5-4-8-14(12)15(18)17-9-10-19-13-6-2-1-3-7-13/h1-3,6-7,12,14H,4-5,8-11,16H2,(H,17,18)/t12-,14-/m1/s1. The van der Waals surface area contributed by atoms with Crippen LogP contribution >= 0.6 is 11.8 Å². The van der Waals surface area contributed by atoms with Gasteiger partial charge in [-0.2, -0.15) is 0 Å². The fraction of sp³-hybridized carbons (Fsp3) is 0.533. The van der Waals surface area contributed by atoms with E-state index in [2.05, 4.69) is 17.4 Å². The Morgan fingerprint density at radius 1 is 1.32 bits per heavy atom. The molecule has 104 valence electrons. The largest absolute Gasteiger partial charge is 0.355 e. The molecule has 1 saturated carbocycles. The van der Waals surface area contributed by atoms with Crippen molar-refractivity contribution in [2.24, 2.45) is 17.6 Å². The average molecular weight is 278 g/mol. The van der Waals surface area contributed by atoms with Gasteiger partial charge in [-0.05, 0) is 37.4 Å². The van der Waals surface area contributed by atoms with E-state index in [-0.39, 0.29) is 11.8 Å². The van der Waals surface area contributed by atoms with Gasteiger partial charge < -0.3 is 11.1 Å². The summed E-state index contributed by atoms with van der Waals surface area (Å²) in [6, 6.07) is 10.3. The summed E-state index contributed by atoms with van der Waals surface area (Å²) in [7, 11) is 0. The zero-order chi connectivity index (χ0) is 13.5. The molecule has 1 aromatic rings. The van der Waals surface area contributed by atoms with Crippen LogP contribution in [0.2, 0.25) is 0 Å². The number of amides is 1. The Morgan fingerprint density at radius 2 is 2.11 bits per heavy atom. The lowest BCUT2D eigenvalue weighted by molar-refractivity contribution is -0.125. The summed E-state index contributed by atoms with van der Waals surface area (Å²) >= 11 is 1.77. The van der Waals surface area contributed by atoms with Gasteiger partial charge in [-0.3, -0.25) is 4.79 Å². The van der Waals surface area contributed by atoms with E-state index in [0.717, 1.165) is 31.6 Å². The Bertz CT molecular complexity index is 396. The molecule has 0 heterocycles. The van der Waals surface area contributed by atoms with Crippen LogP contribution in [-0.2, 0) is 4.79 Å². The van der Waals surface area contributed by atoms with Crippen molar-refractivity contribution in [3.05, 3.63) is 30.3 Å². The first-order valence-corrected chi connectivity index (χ1v) is 7.95. The zero-order valence-electron chi connectivity index (χ0n) is 11.2. The third kappa shape index (κ3) is 4.25. The Balaban J connectivity index is 1.67. The summed E-state index contributed by atoms with van der Waals surface area (Å²) in [5.74, 6) is 1.64. The van der Waals surface area contributed by atoms with Crippen molar-refractivity contribution in [3.8, 4) is 0 Å². The van der Waals surface area contributed by atoms with Gasteiger partial charge in [0, 0.05) is 23.1 Å². The normalized spacial score (nSPS) is 22.4. The molecule has 0 spiro atoms. The van der Waals surface area contributed by atoms with Crippen LogP contribution in [0, 0.1) is 11.8 Å². The molecule has 3 N–H and O–H groups in total. The summed E-state index contributed by atoms with van der Waals surface area (Å²) in [5.41, 5.74) is 5.71. The number of thioether (sulfide) groups is 1. The van der Waals surface area contributed by atoms with Crippen LogP contribution in [0.15, 0.2) is 35.2 Å². The molecule has 4 heteroatoms. The van der Waals surface area contributed by atoms with E-state index < -0.39 is 0 Å². The SMILES string of the molecule is NC[C@H]1CCC[C@H]1C(=O)NCCSc1ccccc1. The van der Waals surface area contributed by atoms with Crippen molar-refractivity contribution in [1.82, 2.24) is 5.32 Å². The maximum Gasteiger partial charge on any atom is 0.223 e. The lowest BCUT2D eigenvalue weighted by atomic mass is 9.95. The van der Waals surface area contributed by atoms with Gasteiger partial charge in [0.15, 0.2) is 0 Å². The van der Waals surface area contributed by atoms with E-state index in [9.17, 15) is 4.79 Å². The molecule has 1 amide bonds. The fourth-order valence-electron chi connectivity index (χ4n) is 2.66. The second-order valence-corrected chi connectivity index (χ2v) is 6.15. The minimum atomic E-state index is 0.145. The van der Waals surface area contributed by atoms with Crippen LogP contribution in [0.4, 0.5) is 0 Å². The second-order valence-electron chi connectivity index (χ2n) is 4.99. The molecular formula is C15H22N2OS. The van der Waals surface area contributed by atoms with E-state index in [0.29, 0.717) is 12.5 Å². The van der Waals surface area contributed by atoms with Crippen molar-refractivity contribution in [3.63, 3.8) is 0 Å². The molecule has 0 radical (unpaired) electrons. The van der Waals surface area contributed by atoms with Crippen LogP contribution < -0.4 is 11.1 Å². The average Bonchev–Trinajstić information content (AvgIpc) is 2.93. The molecule has 2 rings (SSSR count).